The lowest BCUT2D eigenvalue weighted by molar-refractivity contribution is -0.130. The zero-order valence-corrected chi connectivity index (χ0v) is 12.3. The molecule has 3 nitrogen and oxygen atoms in total. The van der Waals surface area contributed by atoms with Gasteiger partial charge in [-0.3, -0.25) is 4.79 Å². The van der Waals surface area contributed by atoms with E-state index in [9.17, 15) is 4.79 Å². The Bertz CT molecular complexity index is 423. The molecule has 0 aliphatic carbocycles. The summed E-state index contributed by atoms with van der Waals surface area (Å²) in [6.45, 7) is 3.48. The van der Waals surface area contributed by atoms with Crippen LogP contribution in [0.4, 0.5) is 0 Å². The number of carbonyl (C=O) groups is 1. The predicted octanol–water partition coefficient (Wildman–Crippen LogP) is 2.75. The third-order valence-corrected chi connectivity index (χ3v) is 4.05. The van der Waals surface area contributed by atoms with Crippen molar-refractivity contribution < 1.29 is 4.79 Å². The Morgan fingerprint density at radius 1 is 1.21 bits per heavy atom. The second-order valence-electron chi connectivity index (χ2n) is 4.68. The topological polar surface area (TPSA) is 32.3 Å². The van der Waals surface area contributed by atoms with Crippen LogP contribution in [0.25, 0.3) is 0 Å². The van der Waals surface area contributed by atoms with Crippen molar-refractivity contribution in [1.82, 2.24) is 10.2 Å². The van der Waals surface area contributed by atoms with Crippen molar-refractivity contribution in [2.24, 2.45) is 0 Å². The fourth-order valence-electron chi connectivity index (χ4n) is 2.26. The van der Waals surface area contributed by atoms with Gasteiger partial charge in [0.25, 0.3) is 0 Å². The van der Waals surface area contributed by atoms with E-state index in [-0.39, 0.29) is 5.91 Å². The minimum atomic E-state index is 0.180. The summed E-state index contributed by atoms with van der Waals surface area (Å²) in [6.07, 6.45) is 2.07. The van der Waals surface area contributed by atoms with Crippen molar-refractivity contribution >= 4 is 29.1 Å². The van der Waals surface area contributed by atoms with Gasteiger partial charge in [-0.2, -0.15) is 0 Å². The Labute approximate surface area is 123 Å². The van der Waals surface area contributed by atoms with Gasteiger partial charge in [-0.25, -0.2) is 0 Å². The minimum Gasteiger partial charge on any atom is -0.341 e. The van der Waals surface area contributed by atoms with Crippen LogP contribution >= 0.6 is 23.2 Å². The molecule has 0 spiro atoms. The van der Waals surface area contributed by atoms with E-state index in [0.29, 0.717) is 22.9 Å². The number of benzene rings is 1. The number of nitrogens with zero attached hydrogens (tertiary/aromatic N) is 1. The zero-order valence-electron chi connectivity index (χ0n) is 10.8. The lowest BCUT2D eigenvalue weighted by Gasteiger charge is -2.20. The van der Waals surface area contributed by atoms with Gasteiger partial charge < -0.3 is 10.2 Å². The lowest BCUT2D eigenvalue weighted by Crippen LogP contribution is -2.34. The summed E-state index contributed by atoms with van der Waals surface area (Å²) >= 11 is 12.2. The smallest absolute Gasteiger partial charge is 0.222 e. The van der Waals surface area contributed by atoms with Gasteiger partial charge in [0.05, 0.1) is 0 Å². The first kappa shape index (κ1) is 14.6. The van der Waals surface area contributed by atoms with Crippen molar-refractivity contribution in [2.75, 3.05) is 26.2 Å². The summed E-state index contributed by atoms with van der Waals surface area (Å²) in [4.78, 5) is 14.1. The molecular formula is C14H18Cl2N2O. The maximum absolute atomic E-state index is 12.2. The van der Waals surface area contributed by atoms with Gasteiger partial charge in [0.2, 0.25) is 5.91 Å². The van der Waals surface area contributed by atoms with Crippen molar-refractivity contribution in [2.45, 2.75) is 19.3 Å². The van der Waals surface area contributed by atoms with Crippen LogP contribution < -0.4 is 5.32 Å². The molecule has 0 aromatic heterocycles. The van der Waals surface area contributed by atoms with Gasteiger partial charge in [-0.05, 0) is 37.1 Å². The highest BCUT2D eigenvalue weighted by atomic mass is 35.5. The summed E-state index contributed by atoms with van der Waals surface area (Å²) in [5.41, 5.74) is 0.868. The molecule has 1 N–H and O–H groups in total. The summed E-state index contributed by atoms with van der Waals surface area (Å²) in [5, 5.41) is 4.56. The molecule has 104 valence electrons. The molecule has 1 aliphatic rings. The van der Waals surface area contributed by atoms with Gasteiger partial charge in [0.15, 0.2) is 0 Å². The minimum absolute atomic E-state index is 0.180. The highest BCUT2D eigenvalue weighted by Crippen LogP contribution is 2.25. The second kappa shape index (κ2) is 7.13. The summed E-state index contributed by atoms with van der Waals surface area (Å²) in [6, 6.07) is 5.43. The Morgan fingerprint density at radius 2 is 1.95 bits per heavy atom. The maximum Gasteiger partial charge on any atom is 0.222 e. The van der Waals surface area contributed by atoms with Crippen molar-refractivity contribution in [3.05, 3.63) is 33.8 Å². The van der Waals surface area contributed by atoms with Gasteiger partial charge in [0, 0.05) is 36.1 Å². The third kappa shape index (κ3) is 4.10. The number of halogens is 2. The van der Waals surface area contributed by atoms with Crippen LogP contribution in [0.3, 0.4) is 0 Å². The summed E-state index contributed by atoms with van der Waals surface area (Å²) in [7, 11) is 0. The number of nitrogens with one attached hydrogen (secondary N) is 1. The second-order valence-corrected chi connectivity index (χ2v) is 5.50. The van der Waals surface area contributed by atoms with Crippen molar-refractivity contribution in [3.8, 4) is 0 Å². The van der Waals surface area contributed by atoms with Crippen molar-refractivity contribution in [3.63, 3.8) is 0 Å². The molecule has 19 heavy (non-hydrogen) atoms. The van der Waals surface area contributed by atoms with Crippen LogP contribution in [0.15, 0.2) is 18.2 Å². The molecule has 1 saturated heterocycles. The van der Waals surface area contributed by atoms with Crippen molar-refractivity contribution in [1.29, 1.82) is 0 Å². The molecule has 1 fully saturated rings. The number of carbonyl (C=O) groups excluding carboxylic acids is 1. The molecule has 0 unspecified atom stereocenters. The number of hydrogen-bond acceptors (Lipinski definition) is 2. The van der Waals surface area contributed by atoms with Gasteiger partial charge in [0.1, 0.15) is 0 Å². The van der Waals surface area contributed by atoms with E-state index in [1.165, 1.54) is 0 Å². The quantitative estimate of drug-likeness (QED) is 0.931. The highest BCUT2D eigenvalue weighted by molar-refractivity contribution is 6.36. The van der Waals surface area contributed by atoms with Crippen LogP contribution in [-0.2, 0) is 11.2 Å². The van der Waals surface area contributed by atoms with Crippen LogP contribution in [0.5, 0.6) is 0 Å². The Morgan fingerprint density at radius 3 is 2.68 bits per heavy atom. The molecule has 1 aromatic carbocycles. The third-order valence-electron chi connectivity index (χ3n) is 3.34. The summed E-state index contributed by atoms with van der Waals surface area (Å²) < 4.78 is 0. The van der Waals surface area contributed by atoms with E-state index in [4.69, 9.17) is 23.2 Å². The molecule has 0 saturated carbocycles. The van der Waals surface area contributed by atoms with Gasteiger partial charge in [-0.15, -0.1) is 0 Å². The zero-order chi connectivity index (χ0) is 13.7. The molecule has 1 heterocycles. The number of hydrogen-bond donors (Lipinski definition) is 1. The molecule has 0 radical (unpaired) electrons. The molecule has 1 aliphatic heterocycles. The van der Waals surface area contributed by atoms with Gasteiger partial charge >= 0.3 is 0 Å². The molecular weight excluding hydrogens is 283 g/mol. The Hall–Kier alpha value is -0.770. The Balaban J connectivity index is 1.92. The van der Waals surface area contributed by atoms with Crippen LogP contribution in [0.1, 0.15) is 18.4 Å². The molecule has 5 heteroatoms. The molecule has 2 rings (SSSR count). The normalized spacial score (nSPS) is 16.2. The molecule has 0 bridgehead atoms. The number of amides is 1. The molecule has 0 atom stereocenters. The van der Waals surface area contributed by atoms with Gasteiger partial charge in [-0.1, -0.05) is 29.3 Å². The van der Waals surface area contributed by atoms with E-state index >= 15 is 0 Å². The van der Waals surface area contributed by atoms with Crippen LogP contribution in [0.2, 0.25) is 10.0 Å². The van der Waals surface area contributed by atoms with E-state index < -0.39 is 0 Å². The average Bonchev–Trinajstić information content (AvgIpc) is 2.66. The van der Waals surface area contributed by atoms with E-state index in [2.05, 4.69) is 5.32 Å². The molecule has 1 amide bonds. The van der Waals surface area contributed by atoms with E-state index in [1.807, 2.05) is 23.1 Å². The first-order valence-corrected chi connectivity index (χ1v) is 7.35. The fourth-order valence-corrected chi connectivity index (χ4v) is 2.84. The molecule has 1 aromatic rings. The average molecular weight is 301 g/mol. The highest BCUT2D eigenvalue weighted by Gasteiger charge is 2.16. The first-order chi connectivity index (χ1) is 9.18. The van der Waals surface area contributed by atoms with E-state index in [0.717, 1.165) is 38.2 Å². The predicted molar refractivity (Wildman–Crippen MR) is 78.8 cm³/mol. The van der Waals surface area contributed by atoms with E-state index in [1.54, 1.807) is 0 Å². The SMILES string of the molecule is O=C(CCc1c(Cl)cccc1Cl)N1CCCNCC1. The maximum atomic E-state index is 12.2. The standard InChI is InChI=1S/C14H18Cl2N2O/c15-12-3-1-4-13(16)11(12)5-6-14(19)18-9-2-7-17-8-10-18/h1,3-4,17H,2,5-10H2. The Kier molecular flexibility index (Phi) is 5.49. The first-order valence-electron chi connectivity index (χ1n) is 6.60. The largest absolute Gasteiger partial charge is 0.341 e. The fraction of sp³-hybridized carbons (Fsp3) is 0.500. The summed E-state index contributed by atoms with van der Waals surface area (Å²) in [5.74, 6) is 0.180. The van der Waals surface area contributed by atoms with Crippen LogP contribution in [0, 0.1) is 0 Å². The number of rotatable bonds is 3. The lowest BCUT2D eigenvalue weighted by atomic mass is 10.1. The van der Waals surface area contributed by atoms with Crippen LogP contribution in [-0.4, -0.2) is 37.0 Å². The monoisotopic (exact) mass is 300 g/mol.